The highest BCUT2D eigenvalue weighted by Crippen LogP contribution is 2.25. The van der Waals surface area contributed by atoms with Crippen molar-refractivity contribution in [2.75, 3.05) is 0 Å². The van der Waals surface area contributed by atoms with Gasteiger partial charge in [0.25, 0.3) is 5.91 Å². The minimum atomic E-state index is -1.02. The van der Waals surface area contributed by atoms with Gasteiger partial charge in [0.1, 0.15) is 0 Å². The molecule has 7 heteroatoms. The Balaban J connectivity index is 1.71. The average Bonchev–Trinajstić information content (AvgIpc) is 3.11. The predicted octanol–water partition coefficient (Wildman–Crippen LogP) is 5.48. The van der Waals surface area contributed by atoms with Crippen molar-refractivity contribution in [2.24, 2.45) is 5.92 Å². The monoisotopic (exact) mass is 486 g/mol. The number of hydrogen-bond acceptors (Lipinski definition) is 3. The highest BCUT2D eigenvalue weighted by atomic mass is 19.1. The summed E-state index contributed by atoms with van der Waals surface area (Å²) in [6.07, 6.45) is 0.975. The van der Waals surface area contributed by atoms with Crippen molar-refractivity contribution >= 4 is 11.9 Å². The van der Waals surface area contributed by atoms with Crippen LogP contribution in [-0.4, -0.2) is 26.1 Å². The standard InChI is InChI=1S/C29H27FN2O4/c1-19(2)12-17-25-26(30)32(27(33)22-8-4-3-5-9-22)29(36)31(25)18-20-13-15-21(16-14-20)23-10-6-7-11-24(23)28(34)35/h3-11,13-16,19H,12,17-18H2,1-2H3,(H,34,35). The first kappa shape index (κ1) is 24.9. The lowest BCUT2D eigenvalue weighted by Gasteiger charge is -2.10. The summed E-state index contributed by atoms with van der Waals surface area (Å²) in [5, 5.41) is 9.48. The molecule has 0 radical (unpaired) electrons. The second-order valence-electron chi connectivity index (χ2n) is 9.09. The first-order valence-corrected chi connectivity index (χ1v) is 11.8. The summed E-state index contributed by atoms with van der Waals surface area (Å²) < 4.78 is 17.4. The zero-order valence-corrected chi connectivity index (χ0v) is 20.1. The normalized spacial score (nSPS) is 11.1. The van der Waals surface area contributed by atoms with Gasteiger partial charge < -0.3 is 5.11 Å². The van der Waals surface area contributed by atoms with E-state index in [2.05, 4.69) is 0 Å². The lowest BCUT2D eigenvalue weighted by Crippen LogP contribution is -2.30. The van der Waals surface area contributed by atoms with Crippen LogP contribution in [0.3, 0.4) is 0 Å². The molecule has 0 bridgehead atoms. The molecule has 0 amide bonds. The van der Waals surface area contributed by atoms with Gasteiger partial charge in [0.2, 0.25) is 5.95 Å². The molecule has 1 heterocycles. The Bertz CT molecular complexity index is 1450. The maximum atomic E-state index is 15.5. The number of carboxylic acids is 1. The maximum Gasteiger partial charge on any atom is 0.338 e. The molecular weight excluding hydrogens is 459 g/mol. The van der Waals surface area contributed by atoms with Gasteiger partial charge in [-0.05, 0) is 53.6 Å². The highest BCUT2D eigenvalue weighted by molar-refractivity contribution is 5.96. The van der Waals surface area contributed by atoms with Crippen LogP contribution in [0.1, 0.15) is 52.2 Å². The van der Waals surface area contributed by atoms with Crippen LogP contribution < -0.4 is 5.69 Å². The van der Waals surface area contributed by atoms with Crippen molar-refractivity contribution in [3.63, 3.8) is 0 Å². The molecule has 0 aliphatic heterocycles. The molecule has 0 saturated heterocycles. The SMILES string of the molecule is CC(C)CCc1c(F)n(C(=O)c2ccccc2)c(=O)n1Cc1ccc(-c2ccccc2C(=O)O)cc1. The summed E-state index contributed by atoms with van der Waals surface area (Å²) in [5.74, 6) is -2.27. The molecule has 0 saturated carbocycles. The number of imidazole rings is 1. The van der Waals surface area contributed by atoms with E-state index in [-0.39, 0.29) is 29.3 Å². The smallest absolute Gasteiger partial charge is 0.338 e. The van der Waals surface area contributed by atoms with Crippen LogP contribution in [0.5, 0.6) is 0 Å². The third-order valence-corrected chi connectivity index (χ3v) is 6.13. The van der Waals surface area contributed by atoms with E-state index < -0.39 is 23.5 Å². The van der Waals surface area contributed by atoms with Gasteiger partial charge in [0.15, 0.2) is 0 Å². The van der Waals surface area contributed by atoms with Gasteiger partial charge >= 0.3 is 11.7 Å². The van der Waals surface area contributed by atoms with Crippen molar-refractivity contribution in [2.45, 2.75) is 33.2 Å². The van der Waals surface area contributed by atoms with E-state index in [1.807, 2.05) is 13.8 Å². The average molecular weight is 487 g/mol. The Kier molecular flexibility index (Phi) is 7.29. The van der Waals surface area contributed by atoms with Crippen LogP contribution in [0.25, 0.3) is 11.1 Å². The van der Waals surface area contributed by atoms with E-state index in [0.717, 1.165) is 5.56 Å². The van der Waals surface area contributed by atoms with Gasteiger partial charge in [-0.3, -0.25) is 9.36 Å². The fraction of sp³-hybridized carbons (Fsp3) is 0.207. The first-order valence-electron chi connectivity index (χ1n) is 11.8. The minimum Gasteiger partial charge on any atom is -0.478 e. The van der Waals surface area contributed by atoms with Crippen molar-refractivity contribution < 1.29 is 19.1 Å². The summed E-state index contributed by atoms with van der Waals surface area (Å²) in [7, 11) is 0. The van der Waals surface area contributed by atoms with Crippen LogP contribution >= 0.6 is 0 Å². The third-order valence-electron chi connectivity index (χ3n) is 6.13. The number of rotatable bonds is 8. The number of carbonyl (C=O) groups is 2. The van der Waals surface area contributed by atoms with E-state index in [1.54, 1.807) is 78.9 Å². The van der Waals surface area contributed by atoms with Gasteiger partial charge in [-0.25, -0.2) is 14.2 Å². The molecule has 0 atom stereocenters. The quantitative estimate of drug-likeness (QED) is 0.358. The number of halogens is 1. The second kappa shape index (κ2) is 10.6. The molecule has 1 N–H and O–H groups in total. The minimum absolute atomic E-state index is 0.0824. The topological polar surface area (TPSA) is 81.3 Å². The lowest BCUT2D eigenvalue weighted by molar-refractivity contribution is 0.0697. The van der Waals surface area contributed by atoms with E-state index in [4.69, 9.17) is 0 Å². The zero-order chi connectivity index (χ0) is 25.8. The molecule has 36 heavy (non-hydrogen) atoms. The molecule has 1 aromatic heterocycles. The molecule has 0 fully saturated rings. The molecule has 0 spiro atoms. The van der Waals surface area contributed by atoms with Crippen molar-refractivity contribution in [3.8, 4) is 11.1 Å². The zero-order valence-electron chi connectivity index (χ0n) is 20.1. The second-order valence-corrected chi connectivity index (χ2v) is 9.09. The summed E-state index contributed by atoms with van der Waals surface area (Å²) in [4.78, 5) is 37.9. The molecule has 6 nitrogen and oxygen atoms in total. The molecule has 0 aliphatic rings. The molecule has 4 rings (SSSR count). The number of benzene rings is 3. The van der Waals surface area contributed by atoms with Gasteiger partial charge in [-0.15, -0.1) is 0 Å². The Morgan fingerprint density at radius 2 is 1.56 bits per heavy atom. The fourth-order valence-electron chi connectivity index (χ4n) is 4.17. The Labute approximate surface area is 208 Å². The number of hydrogen-bond donors (Lipinski definition) is 1. The van der Waals surface area contributed by atoms with Gasteiger partial charge in [-0.1, -0.05) is 74.5 Å². The van der Waals surface area contributed by atoms with Gasteiger partial charge in [0, 0.05) is 5.56 Å². The van der Waals surface area contributed by atoms with Crippen LogP contribution in [-0.2, 0) is 13.0 Å². The van der Waals surface area contributed by atoms with Crippen LogP contribution in [0.2, 0.25) is 0 Å². The van der Waals surface area contributed by atoms with Crippen LogP contribution in [0, 0.1) is 11.9 Å². The Hall–Kier alpha value is -4.26. The maximum absolute atomic E-state index is 15.5. The van der Waals surface area contributed by atoms with Crippen molar-refractivity contribution in [3.05, 3.63) is 118 Å². The van der Waals surface area contributed by atoms with E-state index in [0.29, 0.717) is 28.5 Å². The molecule has 3 aromatic carbocycles. The summed E-state index contributed by atoms with van der Waals surface area (Å²) in [5.41, 5.74) is 1.91. The number of carbonyl (C=O) groups excluding carboxylic acids is 1. The number of carboxylic acid groups (broad SMARTS) is 1. The Morgan fingerprint density at radius 3 is 2.19 bits per heavy atom. The summed E-state index contributed by atoms with van der Waals surface area (Å²) in [6.45, 7) is 4.11. The summed E-state index contributed by atoms with van der Waals surface area (Å²) >= 11 is 0. The van der Waals surface area contributed by atoms with Gasteiger partial charge in [0.05, 0.1) is 17.8 Å². The highest BCUT2D eigenvalue weighted by Gasteiger charge is 2.25. The molecular formula is C29H27FN2O4. The molecule has 0 unspecified atom stereocenters. The molecule has 4 aromatic rings. The van der Waals surface area contributed by atoms with Gasteiger partial charge in [-0.2, -0.15) is 4.39 Å². The van der Waals surface area contributed by atoms with E-state index >= 15 is 4.39 Å². The first-order chi connectivity index (χ1) is 17.3. The van der Waals surface area contributed by atoms with Crippen molar-refractivity contribution in [1.29, 1.82) is 0 Å². The fourth-order valence-corrected chi connectivity index (χ4v) is 4.17. The summed E-state index contributed by atoms with van der Waals surface area (Å²) in [6, 6.07) is 22.0. The Morgan fingerprint density at radius 1 is 0.917 bits per heavy atom. The van der Waals surface area contributed by atoms with Crippen LogP contribution in [0.4, 0.5) is 4.39 Å². The number of aromatic nitrogens is 2. The van der Waals surface area contributed by atoms with Crippen molar-refractivity contribution in [1.82, 2.24) is 9.13 Å². The number of nitrogens with zero attached hydrogens (tertiary/aromatic N) is 2. The van der Waals surface area contributed by atoms with E-state index in [9.17, 15) is 19.5 Å². The van der Waals surface area contributed by atoms with E-state index in [1.165, 1.54) is 4.57 Å². The predicted molar refractivity (Wildman–Crippen MR) is 136 cm³/mol. The third kappa shape index (κ3) is 5.05. The largest absolute Gasteiger partial charge is 0.478 e. The van der Waals surface area contributed by atoms with Crippen LogP contribution in [0.15, 0.2) is 83.7 Å². The molecule has 0 aliphatic carbocycles. The lowest BCUT2D eigenvalue weighted by atomic mass is 9.98. The number of aromatic carboxylic acids is 1. The molecule has 184 valence electrons.